The molecule has 2 unspecified atom stereocenters. The second-order valence-electron chi connectivity index (χ2n) is 6.15. The Morgan fingerprint density at radius 2 is 1.71 bits per heavy atom. The first kappa shape index (κ1) is 14.7. The second kappa shape index (κ2) is 5.11. The number of nitrogens with one attached hydrogen (secondary N) is 1. The molecule has 0 aromatic carbocycles. The third kappa shape index (κ3) is 2.74. The highest BCUT2D eigenvalue weighted by molar-refractivity contribution is 6.82. The molecule has 1 nitrogen and oxygen atoms in total. The van der Waals surface area contributed by atoms with Gasteiger partial charge in [0, 0.05) is 0 Å². The highest BCUT2D eigenvalue weighted by Gasteiger charge is 2.36. The summed E-state index contributed by atoms with van der Waals surface area (Å²) in [4.78, 5) is 3.90. The number of rotatable bonds is 4. The van der Waals surface area contributed by atoms with Crippen LogP contribution in [0.4, 0.5) is 0 Å². The zero-order valence-corrected chi connectivity index (χ0v) is 13.9. The summed E-state index contributed by atoms with van der Waals surface area (Å²) in [7, 11) is -1.48. The van der Waals surface area contributed by atoms with Crippen molar-refractivity contribution in [2.45, 2.75) is 67.1 Å². The maximum absolute atomic E-state index is 3.90. The van der Waals surface area contributed by atoms with Gasteiger partial charge in [-0.15, -0.1) is 0 Å². The van der Waals surface area contributed by atoms with Crippen LogP contribution in [0.3, 0.4) is 0 Å². The highest BCUT2D eigenvalue weighted by Crippen LogP contribution is 2.40. The minimum atomic E-state index is -1.48. The minimum Gasteiger partial charge on any atom is -0.332 e. The largest absolute Gasteiger partial charge is 0.332 e. The third-order valence-corrected chi connectivity index (χ3v) is 7.90. The topological polar surface area (TPSA) is 12.0 Å². The third-order valence-electron chi connectivity index (χ3n) is 4.53. The summed E-state index contributed by atoms with van der Waals surface area (Å²) in [5.41, 5.74) is 4.66. The molecule has 0 radical (unpaired) electrons. The summed E-state index contributed by atoms with van der Waals surface area (Å²) >= 11 is 0. The van der Waals surface area contributed by atoms with Crippen molar-refractivity contribution in [1.29, 1.82) is 0 Å². The van der Waals surface area contributed by atoms with E-state index < -0.39 is 8.24 Å². The Hall–Kier alpha value is -0.343. The summed E-state index contributed by atoms with van der Waals surface area (Å²) in [6.45, 7) is 18.7. The fourth-order valence-corrected chi connectivity index (χ4v) is 7.19. The van der Waals surface area contributed by atoms with Gasteiger partial charge in [-0.25, -0.2) is 0 Å². The van der Waals surface area contributed by atoms with Crippen LogP contribution >= 0.6 is 0 Å². The number of hydrogen-bond donors (Lipinski definition) is 1. The van der Waals surface area contributed by atoms with E-state index in [-0.39, 0.29) is 0 Å². The first-order valence-electron chi connectivity index (χ1n) is 6.89. The van der Waals surface area contributed by atoms with Crippen molar-refractivity contribution in [3.8, 4) is 0 Å². The van der Waals surface area contributed by atoms with E-state index in [4.69, 9.17) is 0 Å². The summed E-state index contributed by atoms with van der Waals surface area (Å²) in [5.74, 6) is 0.647. The predicted octanol–water partition coefficient (Wildman–Crippen LogP) is 4.42. The monoisotopic (exact) mass is 251 g/mol. The van der Waals surface area contributed by atoms with E-state index in [1.165, 1.54) is 12.0 Å². The standard InChI is InChI=1S/C15H29NSi/c1-9-10(2)16-17(7,8)15-13(5)11(3)12(4)14(15)6/h10,13,16H,9H2,1-8H3. The summed E-state index contributed by atoms with van der Waals surface area (Å²) in [5, 5.41) is 1.72. The van der Waals surface area contributed by atoms with Crippen molar-refractivity contribution < 1.29 is 0 Å². The zero-order chi connectivity index (χ0) is 13.4. The molecule has 0 saturated heterocycles. The maximum Gasteiger partial charge on any atom is 0.148 e. The lowest BCUT2D eigenvalue weighted by molar-refractivity contribution is 0.640. The highest BCUT2D eigenvalue weighted by atomic mass is 28.3. The Labute approximate surface area is 108 Å². The number of allylic oxidation sites excluding steroid dienone is 4. The van der Waals surface area contributed by atoms with Crippen LogP contribution in [0.2, 0.25) is 13.1 Å². The predicted molar refractivity (Wildman–Crippen MR) is 80.6 cm³/mol. The molecule has 0 fully saturated rings. The van der Waals surface area contributed by atoms with Crippen LogP contribution < -0.4 is 4.98 Å². The molecule has 98 valence electrons. The Morgan fingerprint density at radius 1 is 1.18 bits per heavy atom. The molecule has 0 saturated carbocycles. The Morgan fingerprint density at radius 3 is 2.06 bits per heavy atom. The lowest BCUT2D eigenvalue weighted by Gasteiger charge is -2.33. The van der Waals surface area contributed by atoms with E-state index in [0.29, 0.717) is 12.0 Å². The van der Waals surface area contributed by atoms with Gasteiger partial charge >= 0.3 is 0 Å². The Balaban J connectivity index is 3.02. The fourth-order valence-electron chi connectivity index (χ4n) is 3.17. The molecule has 0 bridgehead atoms. The van der Waals surface area contributed by atoms with Crippen LogP contribution in [0.1, 0.15) is 48.0 Å². The molecule has 0 amide bonds. The lowest BCUT2D eigenvalue weighted by atomic mass is 10.1. The van der Waals surface area contributed by atoms with Gasteiger partial charge in [-0.1, -0.05) is 50.2 Å². The first-order chi connectivity index (χ1) is 7.72. The van der Waals surface area contributed by atoms with E-state index >= 15 is 0 Å². The SMILES string of the molecule is CCC(C)N[Si](C)(C)C1=C(C)C(C)=C(C)C1C. The van der Waals surface area contributed by atoms with Gasteiger partial charge in [0.1, 0.15) is 8.24 Å². The van der Waals surface area contributed by atoms with Crippen LogP contribution in [-0.2, 0) is 0 Å². The fraction of sp³-hybridized carbons (Fsp3) is 0.733. The van der Waals surface area contributed by atoms with Gasteiger partial charge in [0.2, 0.25) is 0 Å². The molecule has 1 N–H and O–H groups in total. The quantitative estimate of drug-likeness (QED) is 0.729. The van der Waals surface area contributed by atoms with Gasteiger partial charge < -0.3 is 4.98 Å². The van der Waals surface area contributed by atoms with Crippen molar-refractivity contribution in [2.24, 2.45) is 5.92 Å². The van der Waals surface area contributed by atoms with Crippen molar-refractivity contribution >= 4 is 8.24 Å². The molecule has 2 atom stereocenters. The average molecular weight is 251 g/mol. The molecule has 0 aromatic heterocycles. The molecule has 2 heteroatoms. The molecule has 0 aromatic rings. The molecule has 1 aliphatic carbocycles. The molecule has 1 aliphatic rings. The second-order valence-corrected chi connectivity index (χ2v) is 10.2. The van der Waals surface area contributed by atoms with E-state index in [0.717, 1.165) is 0 Å². The van der Waals surface area contributed by atoms with E-state index in [1.54, 1.807) is 16.3 Å². The number of hydrogen-bond acceptors (Lipinski definition) is 1. The van der Waals surface area contributed by atoms with Gasteiger partial charge in [0.05, 0.1) is 0 Å². The van der Waals surface area contributed by atoms with E-state index in [2.05, 4.69) is 59.6 Å². The molecule has 1 rings (SSSR count). The summed E-state index contributed by atoms with van der Waals surface area (Å²) in [6, 6.07) is 0.630. The smallest absolute Gasteiger partial charge is 0.148 e. The average Bonchev–Trinajstić information content (AvgIpc) is 2.42. The minimum absolute atomic E-state index is 0.630. The van der Waals surface area contributed by atoms with Gasteiger partial charge in [-0.3, -0.25) is 0 Å². The molecule has 0 spiro atoms. The van der Waals surface area contributed by atoms with Crippen LogP contribution in [0.25, 0.3) is 0 Å². The molecule has 0 aliphatic heterocycles. The van der Waals surface area contributed by atoms with Crippen molar-refractivity contribution in [3.63, 3.8) is 0 Å². The molecular formula is C15H29NSi. The van der Waals surface area contributed by atoms with Crippen LogP contribution in [-0.4, -0.2) is 14.3 Å². The van der Waals surface area contributed by atoms with Gasteiger partial charge in [-0.05, 0) is 44.7 Å². The van der Waals surface area contributed by atoms with Crippen molar-refractivity contribution in [2.75, 3.05) is 0 Å². The van der Waals surface area contributed by atoms with Crippen LogP contribution in [0, 0.1) is 5.92 Å². The molecule has 17 heavy (non-hydrogen) atoms. The lowest BCUT2D eigenvalue weighted by Crippen LogP contribution is -2.52. The maximum atomic E-state index is 3.90. The Bertz CT molecular complexity index is 363. The van der Waals surface area contributed by atoms with Crippen LogP contribution in [0.15, 0.2) is 21.9 Å². The zero-order valence-electron chi connectivity index (χ0n) is 12.9. The van der Waals surface area contributed by atoms with Gasteiger partial charge in [-0.2, -0.15) is 0 Å². The van der Waals surface area contributed by atoms with Gasteiger partial charge in [0.25, 0.3) is 0 Å². The van der Waals surface area contributed by atoms with Crippen LogP contribution in [0.5, 0.6) is 0 Å². The van der Waals surface area contributed by atoms with Crippen molar-refractivity contribution in [3.05, 3.63) is 21.9 Å². The normalized spacial score (nSPS) is 23.6. The summed E-state index contributed by atoms with van der Waals surface area (Å²) < 4.78 is 0. The molecular weight excluding hydrogens is 222 g/mol. The summed E-state index contributed by atoms with van der Waals surface area (Å²) in [6.07, 6.45) is 1.21. The van der Waals surface area contributed by atoms with E-state index in [9.17, 15) is 0 Å². The van der Waals surface area contributed by atoms with E-state index in [1.807, 2.05) is 0 Å². The Kier molecular flexibility index (Phi) is 4.42. The van der Waals surface area contributed by atoms with Crippen molar-refractivity contribution in [1.82, 2.24) is 4.98 Å². The molecule has 0 heterocycles. The van der Waals surface area contributed by atoms with Gasteiger partial charge in [0.15, 0.2) is 0 Å². The first-order valence-corrected chi connectivity index (χ1v) is 9.89.